The Morgan fingerprint density at radius 3 is 2.21 bits per heavy atom. The molecule has 0 spiro atoms. The summed E-state index contributed by atoms with van der Waals surface area (Å²) in [6.45, 7) is 1.65. The molecule has 0 bridgehead atoms. The summed E-state index contributed by atoms with van der Waals surface area (Å²) in [7, 11) is 0. The van der Waals surface area contributed by atoms with E-state index in [4.69, 9.17) is 10.2 Å². The fraction of sp³-hybridized carbons (Fsp3) is 0.600. The molecule has 6 nitrogen and oxygen atoms in total. The first-order valence-electron chi connectivity index (χ1n) is 11.5. The largest absolute Gasteiger partial charge is 0.508 e. The number of benzene rings is 1. The van der Waals surface area contributed by atoms with E-state index in [1.807, 2.05) is 18.2 Å². The number of aliphatic hydroxyl groups excluding tert-OH is 5. The highest BCUT2D eigenvalue weighted by atomic mass is 32.2. The van der Waals surface area contributed by atoms with Gasteiger partial charge in [0.1, 0.15) is 11.5 Å². The molecule has 4 unspecified atom stereocenters. The van der Waals surface area contributed by atoms with Crippen LogP contribution >= 0.6 is 23.5 Å². The van der Waals surface area contributed by atoms with Crippen molar-refractivity contribution < 1.29 is 30.6 Å². The minimum atomic E-state index is -0.676. The molecular formula is C25H38O6S2. The molecule has 1 aliphatic rings. The van der Waals surface area contributed by atoms with Crippen molar-refractivity contribution in [2.45, 2.75) is 44.8 Å². The number of phenols is 1. The lowest BCUT2D eigenvalue weighted by Crippen LogP contribution is -2.17. The van der Waals surface area contributed by atoms with E-state index in [2.05, 4.69) is 6.92 Å². The molecule has 0 heterocycles. The van der Waals surface area contributed by atoms with Crippen LogP contribution in [0.25, 0.3) is 5.57 Å². The van der Waals surface area contributed by atoms with Crippen LogP contribution in [0.1, 0.15) is 37.3 Å². The molecule has 0 aromatic heterocycles. The Morgan fingerprint density at radius 2 is 1.58 bits per heavy atom. The van der Waals surface area contributed by atoms with Gasteiger partial charge in [0.15, 0.2) is 0 Å². The first-order chi connectivity index (χ1) is 15.9. The monoisotopic (exact) mass is 498 g/mol. The molecule has 186 valence electrons. The van der Waals surface area contributed by atoms with Gasteiger partial charge < -0.3 is 30.6 Å². The summed E-state index contributed by atoms with van der Waals surface area (Å²) in [5.74, 6) is 3.47. The standard InChI is InChI=1S/C25H38O6S2/c1-17-19(5-3-11-33-16-21(29)14-27)7-9-24(31)25(17)22-12-18(6-8-23(22)30)4-2-10-32-15-20(28)13-26/h6-9,12,17,19-21,26-31H,2-5,10-11,13-16H2,1H3. The summed E-state index contributed by atoms with van der Waals surface area (Å²) >= 11 is 3.24. The first kappa shape index (κ1) is 28.1. The molecule has 0 radical (unpaired) electrons. The fourth-order valence-corrected chi connectivity index (χ4v) is 5.75. The van der Waals surface area contributed by atoms with E-state index in [0.717, 1.165) is 48.3 Å². The van der Waals surface area contributed by atoms with Crippen molar-refractivity contribution in [1.29, 1.82) is 0 Å². The summed E-state index contributed by atoms with van der Waals surface area (Å²) < 4.78 is 0. The molecule has 33 heavy (non-hydrogen) atoms. The highest BCUT2D eigenvalue weighted by Crippen LogP contribution is 2.41. The summed E-state index contributed by atoms with van der Waals surface area (Å²) in [5.41, 5.74) is 2.53. The quantitative estimate of drug-likeness (QED) is 0.204. The van der Waals surface area contributed by atoms with Crippen molar-refractivity contribution in [1.82, 2.24) is 0 Å². The van der Waals surface area contributed by atoms with Crippen LogP contribution in [-0.4, -0.2) is 79.1 Å². The zero-order valence-electron chi connectivity index (χ0n) is 19.3. The van der Waals surface area contributed by atoms with Gasteiger partial charge in [-0.3, -0.25) is 0 Å². The molecule has 1 aromatic rings. The van der Waals surface area contributed by atoms with Gasteiger partial charge >= 0.3 is 0 Å². The van der Waals surface area contributed by atoms with Crippen LogP contribution in [-0.2, 0) is 6.42 Å². The maximum atomic E-state index is 10.6. The van der Waals surface area contributed by atoms with Crippen LogP contribution in [0.4, 0.5) is 0 Å². The molecule has 0 saturated heterocycles. The van der Waals surface area contributed by atoms with Crippen molar-refractivity contribution in [2.75, 3.05) is 36.2 Å². The van der Waals surface area contributed by atoms with E-state index in [9.17, 15) is 20.4 Å². The summed E-state index contributed by atoms with van der Waals surface area (Å²) in [6.07, 6.45) is 6.07. The zero-order chi connectivity index (χ0) is 24.2. The molecule has 1 aliphatic carbocycles. The second kappa shape index (κ2) is 15.0. The third kappa shape index (κ3) is 9.19. The maximum absolute atomic E-state index is 10.6. The van der Waals surface area contributed by atoms with Crippen molar-refractivity contribution >= 4 is 29.1 Å². The van der Waals surface area contributed by atoms with Crippen LogP contribution in [0.15, 0.2) is 36.1 Å². The lowest BCUT2D eigenvalue weighted by Gasteiger charge is -2.28. The van der Waals surface area contributed by atoms with Crippen LogP contribution in [0, 0.1) is 11.8 Å². The second-order valence-corrected chi connectivity index (χ2v) is 10.8. The number of phenolic OH excluding ortho intramolecular Hbond substituents is 1. The third-order valence-corrected chi connectivity index (χ3v) is 8.24. The number of aliphatic hydroxyl groups is 5. The number of aryl methyl sites for hydroxylation is 1. The molecule has 8 heteroatoms. The number of rotatable bonds is 15. The molecule has 0 saturated carbocycles. The molecule has 4 atom stereocenters. The molecule has 1 aromatic carbocycles. The zero-order valence-corrected chi connectivity index (χ0v) is 20.9. The summed E-state index contributed by atoms with van der Waals surface area (Å²) in [4.78, 5) is 0. The van der Waals surface area contributed by atoms with Gasteiger partial charge in [0.2, 0.25) is 0 Å². The van der Waals surface area contributed by atoms with E-state index >= 15 is 0 Å². The van der Waals surface area contributed by atoms with Gasteiger partial charge in [-0.05, 0) is 72.8 Å². The molecule has 0 fully saturated rings. The Morgan fingerprint density at radius 1 is 0.939 bits per heavy atom. The lowest BCUT2D eigenvalue weighted by atomic mass is 9.77. The maximum Gasteiger partial charge on any atom is 0.123 e. The Hall–Kier alpha value is -1.16. The number of hydrogen-bond acceptors (Lipinski definition) is 8. The average molecular weight is 499 g/mol. The number of aromatic hydroxyl groups is 1. The smallest absolute Gasteiger partial charge is 0.123 e. The second-order valence-electron chi connectivity index (χ2n) is 8.53. The van der Waals surface area contributed by atoms with Gasteiger partial charge in [-0.15, -0.1) is 0 Å². The predicted molar refractivity (Wildman–Crippen MR) is 138 cm³/mol. The van der Waals surface area contributed by atoms with Crippen LogP contribution < -0.4 is 0 Å². The highest BCUT2D eigenvalue weighted by Gasteiger charge is 2.27. The minimum Gasteiger partial charge on any atom is -0.508 e. The van der Waals surface area contributed by atoms with Crippen LogP contribution in [0.3, 0.4) is 0 Å². The first-order valence-corrected chi connectivity index (χ1v) is 13.8. The fourth-order valence-electron chi connectivity index (χ4n) is 3.95. The van der Waals surface area contributed by atoms with Crippen LogP contribution in [0.5, 0.6) is 5.75 Å². The van der Waals surface area contributed by atoms with Crippen LogP contribution in [0.2, 0.25) is 0 Å². The number of hydrogen-bond donors (Lipinski definition) is 6. The van der Waals surface area contributed by atoms with E-state index in [-0.39, 0.29) is 36.6 Å². The SMILES string of the molecule is CC1C(c2cc(CCCSCC(O)CO)ccc2O)=C(O)C=CC1CCCSCC(O)CO. The number of thioether (sulfide) groups is 2. The van der Waals surface area contributed by atoms with E-state index in [0.29, 0.717) is 17.1 Å². The van der Waals surface area contributed by atoms with Crippen molar-refractivity contribution in [3.05, 3.63) is 47.2 Å². The molecular weight excluding hydrogens is 460 g/mol. The topological polar surface area (TPSA) is 121 Å². The molecule has 0 amide bonds. The van der Waals surface area contributed by atoms with Gasteiger partial charge in [-0.25, -0.2) is 0 Å². The highest BCUT2D eigenvalue weighted by molar-refractivity contribution is 7.99. The molecule has 2 rings (SSSR count). The van der Waals surface area contributed by atoms with E-state index in [1.54, 1.807) is 35.7 Å². The number of allylic oxidation sites excluding steroid dienone is 3. The average Bonchev–Trinajstić information content (AvgIpc) is 2.81. The summed E-state index contributed by atoms with van der Waals surface area (Å²) in [6, 6.07) is 5.56. The van der Waals surface area contributed by atoms with Crippen molar-refractivity contribution in [3.8, 4) is 5.75 Å². The lowest BCUT2D eigenvalue weighted by molar-refractivity contribution is 0.113. The molecule has 0 aliphatic heterocycles. The Labute approximate surface area is 205 Å². The Kier molecular flexibility index (Phi) is 12.7. The normalized spacial score (nSPS) is 20.3. The third-order valence-electron chi connectivity index (χ3n) is 5.85. The van der Waals surface area contributed by atoms with Gasteiger partial charge in [0, 0.05) is 22.6 Å². The van der Waals surface area contributed by atoms with Crippen molar-refractivity contribution in [2.24, 2.45) is 11.8 Å². The minimum absolute atomic E-state index is 0.0553. The molecule has 6 N–H and O–H groups in total. The van der Waals surface area contributed by atoms with E-state index in [1.165, 1.54) is 0 Å². The van der Waals surface area contributed by atoms with Gasteiger partial charge in [0.25, 0.3) is 0 Å². The Balaban J connectivity index is 1.95. The Bertz CT molecular complexity index is 782. The van der Waals surface area contributed by atoms with Crippen molar-refractivity contribution in [3.63, 3.8) is 0 Å². The summed E-state index contributed by atoms with van der Waals surface area (Å²) in [5, 5.41) is 57.8. The van der Waals surface area contributed by atoms with E-state index < -0.39 is 12.2 Å². The van der Waals surface area contributed by atoms with Gasteiger partial charge in [-0.2, -0.15) is 23.5 Å². The van der Waals surface area contributed by atoms with Gasteiger partial charge in [0.05, 0.1) is 25.4 Å². The van der Waals surface area contributed by atoms with Gasteiger partial charge in [-0.1, -0.05) is 19.1 Å². The predicted octanol–water partition coefficient (Wildman–Crippen LogP) is 3.37.